The monoisotopic (exact) mass is 857 g/mol. The van der Waals surface area contributed by atoms with Crippen LogP contribution in [0.15, 0.2) is 61.2 Å². The van der Waals surface area contributed by atoms with Crippen LogP contribution in [0.25, 0.3) is 0 Å². The van der Waals surface area contributed by atoms with Crippen molar-refractivity contribution in [3.05, 3.63) is 95.6 Å². The second-order valence-corrected chi connectivity index (χ2v) is 15.1. The van der Waals surface area contributed by atoms with Crippen LogP contribution in [-0.4, -0.2) is 69.7 Å². The van der Waals surface area contributed by atoms with Crippen molar-refractivity contribution in [1.29, 1.82) is 0 Å². The Morgan fingerprint density at radius 2 is 0.984 bits per heavy atom. The first kappa shape index (κ1) is 50.7. The summed E-state index contributed by atoms with van der Waals surface area (Å²) in [6, 6.07) is 9.88. The van der Waals surface area contributed by atoms with Gasteiger partial charge < -0.3 is 19.6 Å². The van der Waals surface area contributed by atoms with Gasteiger partial charge in [-0.25, -0.2) is 28.7 Å². The summed E-state index contributed by atoms with van der Waals surface area (Å²) in [6.07, 6.45) is 17.3. The van der Waals surface area contributed by atoms with Crippen LogP contribution in [-0.2, 0) is 19.2 Å². The normalized spacial score (nSPS) is 15.0. The van der Waals surface area contributed by atoms with Crippen LogP contribution >= 0.6 is 0 Å². The molecule has 12 nitrogen and oxygen atoms in total. The van der Waals surface area contributed by atoms with Crippen molar-refractivity contribution in [2.24, 2.45) is 0 Å². The zero-order valence-corrected chi connectivity index (χ0v) is 38.1. The molecular formula is C48H66F2N8O4. The molecule has 2 aromatic heterocycles. The van der Waals surface area contributed by atoms with Gasteiger partial charge in [-0.1, -0.05) is 39.3 Å². The number of rotatable bonds is 7. The van der Waals surface area contributed by atoms with Gasteiger partial charge in [0, 0.05) is 63.2 Å². The predicted molar refractivity (Wildman–Crippen MR) is 243 cm³/mol. The molecule has 0 spiro atoms. The van der Waals surface area contributed by atoms with Gasteiger partial charge in [-0.3, -0.25) is 19.2 Å². The number of carbonyl (C=O) groups excluding carboxylic acids is 4. The molecule has 62 heavy (non-hydrogen) atoms. The summed E-state index contributed by atoms with van der Waals surface area (Å²) in [4.78, 5) is 69.9. The van der Waals surface area contributed by atoms with E-state index in [0.717, 1.165) is 87.5 Å². The molecule has 3 fully saturated rings. The van der Waals surface area contributed by atoms with Crippen molar-refractivity contribution >= 4 is 46.4 Å². The largest absolute Gasteiger partial charge is 0.313 e. The first-order valence-electron chi connectivity index (χ1n) is 22.1. The molecule has 14 heteroatoms. The molecule has 0 unspecified atom stereocenters. The lowest BCUT2D eigenvalue weighted by Crippen LogP contribution is -2.35. The Kier molecular flexibility index (Phi) is 21.8. The zero-order valence-electron chi connectivity index (χ0n) is 38.1. The Morgan fingerprint density at radius 3 is 1.40 bits per heavy atom. The number of carbonyl (C=O) groups is 4. The third-order valence-corrected chi connectivity index (χ3v) is 10.4. The fourth-order valence-electron chi connectivity index (χ4n) is 6.81. The van der Waals surface area contributed by atoms with E-state index in [1.54, 1.807) is 76.4 Å². The molecular weight excluding hydrogens is 791 g/mol. The van der Waals surface area contributed by atoms with Gasteiger partial charge in [-0.15, -0.1) is 0 Å². The molecule has 0 aliphatic carbocycles. The van der Waals surface area contributed by atoms with E-state index in [-0.39, 0.29) is 35.3 Å². The highest BCUT2D eigenvalue weighted by Crippen LogP contribution is 2.24. The van der Waals surface area contributed by atoms with Gasteiger partial charge in [0.05, 0.1) is 36.2 Å². The summed E-state index contributed by atoms with van der Waals surface area (Å²) in [5.74, 6) is 1.49. The van der Waals surface area contributed by atoms with Crippen LogP contribution in [0.1, 0.15) is 128 Å². The average molecular weight is 857 g/mol. The number of benzene rings is 2. The molecule has 0 atom stereocenters. The summed E-state index contributed by atoms with van der Waals surface area (Å²) in [7, 11) is 0. The fourth-order valence-corrected chi connectivity index (χ4v) is 6.81. The van der Waals surface area contributed by atoms with Crippen molar-refractivity contribution in [3.63, 3.8) is 0 Å². The van der Waals surface area contributed by atoms with Crippen molar-refractivity contribution in [2.75, 3.05) is 45.8 Å². The molecule has 2 aromatic carbocycles. The van der Waals surface area contributed by atoms with E-state index >= 15 is 0 Å². The van der Waals surface area contributed by atoms with Crippen molar-refractivity contribution < 1.29 is 28.0 Å². The van der Waals surface area contributed by atoms with E-state index in [1.165, 1.54) is 12.1 Å². The summed E-state index contributed by atoms with van der Waals surface area (Å²) >= 11 is 0. The highest BCUT2D eigenvalue weighted by Gasteiger charge is 2.22. The first-order valence-corrected chi connectivity index (χ1v) is 22.1. The van der Waals surface area contributed by atoms with E-state index < -0.39 is 0 Å². The number of piperidine rings is 2. The van der Waals surface area contributed by atoms with Crippen LogP contribution in [0.5, 0.6) is 0 Å². The van der Waals surface area contributed by atoms with Crippen molar-refractivity contribution in [1.82, 2.24) is 19.9 Å². The first-order chi connectivity index (χ1) is 29.8. The Labute approximate surface area is 367 Å². The molecule has 336 valence electrons. The van der Waals surface area contributed by atoms with Crippen molar-refractivity contribution in [2.45, 2.75) is 132 Å². The van der Waals surface area contributed by atoms with E-state index in [0.29, 0.717) is 61.3 Å². The number of hydrogen-bond donors (Lipinski definition) is 0. The maximum absolute atomic E-state index is 13.4. The number of nitrogens with zero attached hydrogens (tertiary/aromatic N) is 8. The third kappa shape index (κ3) is 15.7. The number of aromatic nitrogens is 4. The van der Waals surface area contributed by atoms with Crippen LogP contribution in [0.3, 0.4) is 0 Å². The molecule has 3 aliphatic rings. The molecule has 4 amide bonds. The van der Waals surface area contributed by atoms with Gasteiger partial charge in [0.15, 0.2) is 0 Å². The topological polar surface area (TPSA) is 133 Å². The second kappa shape index (κ2) is 26.6. The average Bonchev–Trinajstić information content (AvgIpc) is 3.50. The summed E-state index contributed by atoms with van der Waals surface area (Å²) < 4.78 is 26.7. The lowest BCUT2D eigenvalue weighted by Gasteiger charge is -2.26. The zero-order chi connectivity index (χ0) is 45.6. The van der Waals surface area contributed by atoms with Crippen LogP contribution in [0.4, 0.5) is 31.5 Å². The third-order valence-electron chi connectivity index (χ3n) is 10.4. The van der Waals surface area contributed by atoms with Crippen LogP contribution in [0.2, 0.25) is 0 Å². The lowest BCUT2D eigenvalue weighted by molar-refractivity contribution is -0.120. The Morgan fingerprint density at radius 1 is 0.581 bits per heavy atom. The maximum atomic E-state index is 13.4. The van der Waals surface area contributed by atoms with Crippen LogP contribution < -0.4 is 19.6 Å². The SMILES string of the molecule is CC.CCCC(=O)N(CC)c1ccc(C)c(F)c1.Cc1ccc(N2CCCCC2=O)cc1F.Cc1ncc(N2CCCCC2=O)cn1.Cc1ncc(N2CCCCCC2=O)cn1. The van der Waals surface area contributed by atoms with Crippen molar-refractivity contribution in [3.8, 4) is 0 Å². The van der Waals surface area contributed by atoms with Gasteiger partial charge >= 0.3 is 0 Å². The van der Waals surface area contributed by atoms with E-state index in [2.05, 4.69) is 19.9 Å². The summed E-state index contributed by atoms with van der Waals surface area (Å²) in [6.45, 7) is 17.8. The number of hydrogen-bond acceptors (Lipinski definition) is 8. The van der Waals surface area contributed by atoms with Gasteiger partial charge in [-0.2, -0.15) is 0 Å². The number of amides is 4. The maximum Gasteiger partial charge on any atom is 0.227 e. The smallest absolute Gasteiger partial charge is 0.227 e. The molecule has 7 rings (SSSR count). The number of aryl methyl sites for hydroxylation is 4. The van der Waals surface area contributed by atoms with Gasteiger partial charge in [0.25, 0.3) is 0 Å². The van der Waals surface area contributed by atoms with Gasteiger partial charge in [0.2, 0.25) is 23.6 Å². The molecule has 5 heterocycles. The van der Waals surface area contributed by atoms with Gasteiger partial charge in [-0.05, 0) is 115 Å². The number of anilines is 4. The summed E-state index contributed by atoms with van der Waals surface area (Å²) in [5.41, 5.74) is 4.19. The molecule has 0 N–H and O–H groups in total. The molecule has 0 radical (unpaired) electrons. The molecule has 0 saturated carbocycles. The lowest BCUT2D eigenvalue weighted by atomic mass is 10.1. The molecule has 3 aliphatic heterocycles. The minimum absolute atomic E-state index is 0.0493. The van der Waals surface area contributed by atoms with E-state index in [1.807, 2.05) is 47.6 Å². The Bertz CT molecular complexity index is 2030. The molecule has 4 aromatic rings. The second-order valence-electron chi connectivity index (χ2n) is 15.1. The molecule has 3 saturated heterocycles. The minimum atomic E-state index is -0.264. The highest BCUT2D eigenvalue weighted by atomic mass is 19.1. The predicted octanol–water partition coefficient (Wildman–Crippen LogP) is 9.96. The highest BCUT2D eigenvalue weighted by molar-refractivity contribution is 5.95. The summed E-state index contributed by atoms with van der Waals surface area (Å²) in [5, 5.41) is 0. The minimum Gasteiger partial charge on any atom is -0.313 e. The fraction of sp³-hybridized carbons (Fsp3) is 0.500. The van der Waals surface area contributed by atoms with Gasteiger partial charge in [0.1, 0.15) is 23.3 Å². The standard InChI is InChI=1S/C13H18FNO.C12H14FNO.C11H15N3O.C10H13N3O.C2H6/c1-4-6-13(16)15(5-2)11-8-7-10(3)12(14)9-11;1-9-5-6-10(8-11(9)13)14-7-3-2-4-12(14)15;1-9-12-7-10(8-13-9)14-6-4-2-3-5-11(14)15;1-8-11-6-9(7-12-8)13-5-3-2-4-10(13)14;1-2/h7-9H,4-6H2,1-3H3;5-6,8H,2-4,7H2,1H3;7-8H,2-6H2,1H3;6-7H,2-5H2,1H3;1-2H3. The van der Waals surface area contributed by atoms with Crippen LogP contribution in [0, 0.1) is 39.3 Å². The number of halogens is 2. The quantitative estimate of drug-likeness (QED) is 0.179. The Balaban J connectivity index is 0.000000217. The molecule has 0 bridgehead atoms. The van der Waals surface area contributed by atoms with E-state index in [4.69, 9.17) is 0 Å². The Hall–Kier alpha value is -5.66. The van der Waals surface area contributed by atoms with E-state index in [9.17, 15) is 28.0 Å².